The fourth-order valence-electron chi connectivity index (χ4n) is 4.94. The second-order valence-electron chi connectivity index (χ2n) is 9.18. The molecule has 1 aromatic carbocycles. The third-order valence-corrected chi connectivity index (χ3v) is 6.58. The number of carbonyl (C=O) groups is 1. The second kappa shape index (κ2) is 11.1. The molecule has 0 spiro atoms. The van der Waals surface area contributed by atoms with Crippen LogP contribution in [0.5, 0.6) is 0 Å². The summed E-state index contributed by atoms with van der Waals surface area (Å²) in [6.07, 6.45) is 0.476. The van der Waals surface area contributed by atoms with Gasteiger partial charge in [-0.05, 0) is 62.4 Å². The van der Waals surface area contributed by atoms with E-state index in [0.717, 1.165) is 65.7 Å². The number of anilines is 2. The number of hydrogen-bond donors (Lipinski definition) is 2. The van der Waals surface area contributed by atoms with E-state index in [2.05, 4.69) is 36.7 Å². The van der Waals surface area contributed by atoms with Crippen molar-refractivity contribution in [2.24, 2.45) is 12.8 Å². The van der Waals surface area contributed by atoms with Gasteiger partial charge in [0.1, 0.15) is 5.54 Å². The van der Waals surface area contributed by atoms with E-state index >= 15 is 0 Å². The van der Waals surface area contributed by atoms with Crippen molar-refractivity contribution in [2.45, 2.75) is 58.2 Å². The molecule has 200 valence electrons. The van der Waals surface area contributed by atoms with E-state index in [0.29, 0.717) is 0 Å². The number of alkyl halides is 3. The number of fused-ring (bicyclic) bond motifs is 1. The van der Waals surface area contributed by atoms with Gasteiger partial charge in [0.2, 0.25) is 0 Å². The Labute approximate surface area is 219 Å². The van der Waals surface area contributed by atoms with Crippen LogP contribution in [-0.4, -0.2) is 38.6 Å². The molecule has 0 bridgehead atoms. The molecule has 4 rings (SSSR count). The van der Waals surface area contributed by atoms with Crippen LogP contribution in [0.25, 0.3) is 0 Å². The number of carboxylic acid groups (broad SMARTS) is 1. The average Bonchev–Trinajstić information content (AvgIpc) is 3.16. The number of pyridine rings is 1. The predicted octanol–water partition coefficient (Wildman–Crippen LogP) is 5.81. The van der Waals surface area contributed by atoms with Gasteiger partial charge in [0.25, 0.3) is 0 Å². The van der Waals surface area contributed by atoms with Crippen LogP contribution in [0, 0.1) is 13.8 Å². The molecule has 0 fully saturated rings. The Balaban J connectivity index is 0.000000479. The molecular weight excluding hydrogens is 507 g/mol. The normalized spacial score (nSPS) is 14.9. The summed E-state index contributed by atoms with van der Waals surface area (Å²) in [5.74, 6) is -1.79. The first-order valence-corrected chi connectivity index (χ1v) is 12.3. The van der Waals surface area contributed by atoms with Crippen molar-refractivity contribution in [3.63, 3.8) is 0 Å². The quantitative estimate of drug-likeness (QED) is 0.426. The molecule has 0 aliphatic carbocycles. The highest BCUT2D eigenvalue weighted by atomic mass is 35.5. The summed E-state index contributed by atoms with van der Waals surface area (Å²) in [6, 6.07) is 10.2. The maximum absolute atomic E-state index is 10.6. The Kier molecular flexibility index (Phi) is 8.54. The monoisotopic (exact) mass is 537 g/mol. The Morgan fingerprint density at radius 2 is 1.92 bits per heavy atom. The van der Waals surface area contributed by atoms with Gasteiger partial charge in [0.15, 0.2) is 5.82 Å². The third kappa shape index (κ3) is 5.91. The van der Waals surface area contributed by atoms with Crippen LogP contribution >= 0.6 is 11.6 Å². The maximum atomic E-state index is 10.6. The summed E-state index contributed by atoms with van der Waals surface area (Å²) in [5.41, 5.74) is 13.0. The van der Waals surface area contributed by atoms with Crippen LogP contribution in [0.15, 0.2) is 36.5 Å². The molecule has 1 atom stereocenters. The molecule has 1 unspecified atom stereocenters. The van der Waals surface area contributed by atoms with Crippen molar-refractivity contribution >= 4 is 29.1 Å². The van der Waals surface area contributed by atoms with Crippen molar-refractivity contribution < 1.29 is 23.1 Å². The van der Waals surface area contributed by atoms with Crippen molar-refractivity contribution in [1.82, 2.24) is 14.8 Å². The number of rotatable bonds is 5. The summed E-state index contributed by atoms with van der Waals surface area (Å²) < 4.78 is 33.7. The summed E-state index contributed by atoms with van der Waals surface area (Å²) >= 11 is 6.71. The maximum Gasteiger partial charge on any atom is 0.490 e. The lowest BCUT2D eigenvalue weighted by atomic mass is 9.83. The highest BCUT2D eigenvalue weighted by Gasteiger charge is 2.40. The summed E-state index contributed by atoms with van der Waals surface area (Å²) in [7, 11) is 2.00. The molecule has 0 amide bonds. The molecule has 0 saturated heterocycles. The first-order valence-electron chi connectivity index (χ1n) is 11.9. The zero-order chi connectivity index (χ0) is 27.5. The zero-order valence-corrected chi connectivity index (χ0v) is 22.0. The SMILES string of the molecule is CCCC(N)(c1ccccn1)c1c2c(nn1C)N(c1c(C)cc(C)cc1Cl)CCC2.O=C(O)C(F)(F)F. The average molecular weight is 538 g/mol. The van der Waals surface area contributed by atoms with Crippen LogP contribution in [-0.2, 0) is 23.8 Å². The van der Waals surface area contributed by atoms with Crippen molar-refractivity contribution in [3.05, 3.63) is 69.6 Å². The van der Waals surface area contributed by atoms with Crippen molar-refractivity contribution in [2.75, 3.05) is 11.4 Å². The summed E-state index contributed by atoms with van der Waals surface area (Å²) in [5, 5.41) is 12.9. The lowest BCUT2D eigenvalue weighted by Crippen LogP contribution is -2.41. The van der Waals surface area contributed by atoms with Gasteiger partial charge in [-0.1, -0.05) is 37.1 Å². The van der Waals surface area contributed by atoms with Crippen molar-refractivity contribution in [3.8, 4) is 0 Å². The second-order valence-corrected chi connectivity index (χ2v) is 9.59. The molecule has 0 radical (unpaired) electrons. The number of aromatic nitrogens is 3. The number of nitrogens with zero attached hydrogens (tertiary/aromatic N) is 4. The molecular formula is C26H31ClF3N5O2. The molecule has 7 nitrogen and oxygen atoms in total. The number of carboxylic acids is 1. The Hall–Kier alpha value is -3.11. The van der Waals surface area contributed by atoms with Gasteiger partial charge in [0, 0.05) is 25.4 Å². The van der Waals surface area contributed by atoms with Gasteiger partial charge in [0.05, 0.1) is 22.1 Å². The van der Waals surface area contributed by atoms with Gasteiger partial charge < -0.3 is 15.7 Å². The topological polar surface area (TPSA) is 97.3 Å². The van der Waals surface area contributed by atoms with Gasteiger partial charge >= 0.3 is 12.1 Å². The third-order valence-electron chi connectivity index (χ3n) is 6.29. The number of benzene rings is 1. The van der Waals surface area contributed by atoms with Crippen LogP contribution in [0.3, 0.4) is 0 Å². The van der Waals surface area contributed by atoms with Crippen LogP contribution in [0.2, 0.25) is 5.02 Å². The van der Waals surface area contributed by atoms with E-state index in [4.69, 9.17) is 32.3 Å². The highest BCUT2D eigenvalue weighted by Crippen LogP contribution is 2.43. The smallest absolute Gasteiger partial charge is 0.475 e. The first-order chi connectivity index (χ1) is 17.3. The highest BCUT2D eigenvalue weighted by molar-refractivity contribution is 6.33. The van der Waals surface area contributed by atoms with Crippen molar-refractivity contribution in [1.29, 1.82) is 0 Å². The molecule has 3 aromatic rings. The van der Waals surface area contributed by atoms with Gasteiger partial charge in [-0.3, -0.25) is 9.67 Å². The number of hydrogen-bond acceptors (Lipinski definition) is 5. The summed E-state index contributed by atoms with van der Waals surface area (Å²) in [4.78, 5) is 15.8. The predicted molar refractivity (Wildman–Crippen MR) is 137 cm³/mol. The first kappa shape index (κ1) is 28.5. The Bertz CT molecular complexity index is 1240. The van der Waals surface area contributed by atoms with E-state index in [9.17, 15) is 13.2 Å². The standard InChI is InChI=1S/C24H30ClN5.C2HF3O2/c1-5-11-24(26,20-10-6-7-12-27-20)22-18-9-8-13-30(23(18)28-29(22)4)21-17(3)14-16(2)15-19(21)25;3-2(4,5)1(6)7/h6-7,10,12,14-15H,5,8-9,11,13,26H2,1-4H3;(H,6,7). The largest absolute Gasteiger partial charge is 0.490 e. The Morgan fingerprint density at radius 3 is 2.46 bits per heavy atom. The minimum absolute atomic E-state index is 0.680. The fraction of sp³-hybridized carbons (Fsp3) is 0.423. The molecule has 11 heteroatoms. The van der Waals surface area contributed by atoms with Crippen LogP contribution in [0.1, 0.15) is 54.3 Å². The summed E-state index contributed by atoms with van der Waals surface area (Å²) in [6.45, 7) is 7.24. The van der Waals surface area contributed by atoms with E-state index in [1.54, 1.807) is 0 Å². The molecule has 2 aromatic heterocycles. The molecule has 1 aliphatic rings. The number of halogens is 4. The Morgan fingerprint density at radius 1 is 1.24 bits per heavy atom. The minimum Gasteiger partial charge on any atom is -0.475 e. The lowest BCUT2D eigenvalue weighted by Gasteiger charge is -2.33. The number of nitrogens with two attached hydrogens (primary N) is 1. The van der Waals surface area contributed by atoms with E-state index in [1.807, 2.05) is 42.2 Å². The van der Waals surface area contributed by atoms with Crippen LogP contribution < -0.4 is 10.6 Å². The van der Waals surface area contributed by atoms with Gasteiger partial charge in [-0.2, -0.15) is 18.3 Å². The van der Waals surface area contributed by atoms with Gasteiger partial charge in [-0.25, -0.2) is 4.79 Å². The molecule has 0 saturated carbocycles. The molecule has 3 N–H and O–H groups in total. The molecule has 37 heavy (non-hydrogen) atoms. The number of aliphatic carboxylic acids is 1. The van der Waals surface area contributed by atoms with Gasteiger partial charge in [-0.15, -0.1) is 0 Å². The van der Waals surface area contributed by atoms with Crippen LogP contribution in [0.4, 0.5) is 24.7 Å². The molecule has 1 aliphatic heterocycles. The van der Waals surface area contributed by atoms with E-state index in [-0.39, 0.29) is 0 Å². The molecule has 3 heterocycles. The fourth-order valence-corrected chi connectivity index (χ4v) is 5.36. The lowest BCUT2D eigenvalue weighted by molar-refractivity contribution is -0.192. The number of aryl methyl sites for hydroxylation is 3. The zero-order valence-electron chi connectivity index (χ0n) is 21.2. The van der Waals surface area contributed by atoms with E-state index < -0.39 is 17.7 Å². The minimum atomic E-state index is -5.08. The van der Waals surface area contributed by atoms with E-state index in [1.165, 1.54) is 11.1 Å².